The molecule has 0 aliphatic rings. The van der Waals surface area contributed by atoms with E-state index < -0.39 is 0 Å². The van der Waals surface area contributed by atoms with E-state index in [0.29, 0.717) is 0 Å². The summed E-state index contributed by atoms with van der Waals surface area (Å²) < 4.78 is 0. The SMILES string of the molecule is C=CC[B]S. The summed E-state index contributed by atoms with van der Waals surface area (Å²) in [5, 5.41) is 0. The molecule has 5 heavy (non-hydrogen) atoms. The average molecular weight is 85.0 g/mol. The Hall–Kier alpha value is 0.155. The molecule has 0 heterocycles. The molecule has 0 saturated heterocycles. The van der Waals surface area contributed by atoms with E-state index in [1.165, 1.54) is 0 Å². The van der Waals surface area contributed by atoms with Gasteiger partial charge in [-0.15, -0.1) is 6.58 Å². The van der Waals surface area contributed by atoms with Gasteiger partial charge >= 0.3 is 0 Å². The molecular formula is C3H6BS. The summed E-state index contributed by atoms with van der Waals surface area (Å²) in [6.07, 6.45) is 2.69. The van der Waals surface area contributed by atoms with Gasteiger partial charge in [-0.3, -0.25) is 0 Å². The Balaban J connectivity index is 2.40. The second-order valence-electron chi connectivity index (χ2n) is 0.707. The van der Waals surface area contributed by atoms with Crippen LogP contribution in [0.1, 0.15) is 0 Å². The minimum absolute atomic E-state index is 0.892. The van der Waals surface area contributed by atoms with Gasteiger partial charge in [0, 0.05) is 0 Å². The highest BCUT2D eigenvalue weighted by atomic mass is 32.1. The normalized spacial score (nSPS) is 6.60. The van der Waals surface area contributed by atoms with Crippen molar-refractivity contribution in [1.29, 1.82) is 0 Å². The van der Waals surface area contributed by atoms with Crippen LogP contribution in [0.25, 0.3) is 0 Å². The first-order chi connectivity index (χ1) is 2.41. The molecule has 0 rings (SSSR count). The van der Waals surface area contributed by atoms with Crippen molar-refractivity contribution in [3.63, 3.8) is 0 Å². The molecule has 0 aromatic rings. The maximum atomic E-state index is 3.80. The topological polar surface area (TPSA) is 0 Å². The van der Waals surface area contributed by atoms with E-state index in [1.807, 2.05) is 0 Å². The summed E-state index contributed by atoms with van der Waals surface area (Å²) in [6, 6.07) is 0. The Morgan fingerprint density at radius 3 is 2.60 bits per heavy atom. The second-order valence-corrected chi connectivity index (χ2v) is 1.07. The van der Waals surface area contributed by atoms with Crippen molar-refractivity contribution < 1.29 is 0 Å². The predicted molar refractivity (Wildman–Crippen MR) is 29.7 cm³/mol. The molecule has 0 saturated carbocycles. The van der Waals surface area contributed by atoms with Gasteiger partial charge in [0.2, 0.25) is 0 Å². The van der Waals surface area contributed by atoms with Gasteiger partial charge in [-0.05, 0) is 0 Å². The van der Waals surface area contributed by atoms with Gasteiger partial charge in [0.15, 0.2) is 6.56 Å². The van der Waals surface area contributed by atoms with Gasteiger partial charge in [-0.2, -0.15) is 0 Å². The monoisotopic (exact) mass is 85.0 g/mol. The van der Waals surface area contributed by atoms with Crippen molar-refractivity contribution in [2.45, 2.75) is 6.32 Å². The van der Waals surface area contributed by atoms with Gasteiger partial charge < -0.3 is 0 Å². The van der Waals surface area contributed by atoms with E-state index in [9.17, 15) is 0 Å². The molecule has 1 radical (unpaired) electrons. The maximum Gasteiger partial charge on any atom is 0.191 e. The number of thiol groups is 1. The van der Waals surface area contributed by atoms with Gasteiger partial charge in [0.25, 0.3) is 0 Å². The fourth-order valence-electron chi connectivity index (χ4n) is 0.0745. The molecule has 0 nitrogen and oxygen atoms in total. The number of hydrogen-bond acceptors (Lipinski definition) is 1. The van der Waals surface area contributed by atoms with Crippen LogP contribution in [0.4, 0.5) is 0 Å². The van der Waals surface area contributed by atoms with Crippen LogP contribution >= 0.6 is 12.5 Å². The lowest BCUT2D eigenvalue weighted by Gasteiger charge is -1.68. The van der Waals surface area contributed by atoms with Gasteiger partial charge in [0.1, 0.15) is 0 Å². The van der Waals surface area contributed by atoms with Gasteiger partial charge in [-0.25, -0.2) is 12.5 Å². The minimum Gasteiger partial charge on any atom is -0.234 e. The molecule has 0 fully saturated rings. The summed E-state index contributed by atoms with van der Waals surface area (Å²) >= 11 is 3.80. The molecule has 0 aromatic heterocycles. The van der Waals surface area contributed by atoms with E-state index in [-0.39, 0.29) is 0 Å². The fraction of sp³-hybridized carbons (Fsp3) is 0.333. The van der Waals surface area contributed by atoms with Crippen molar-refractivity contribution >= 4 is 19.0 Å². The van der Waals surface area contributed by atoms with E-state index in [2.05, 4.69) is 19.1 Å². The van der Waals surface area contributed by atoms with Crippen molar-refractivity contribution in [1.82, 2.24) is 0 Å². The molecule has 0 bridgehead atoms. The zero-order valence-corrected chi connectivity index (χ0v) is 3.91. The summed E-state index contributed by atoms with van der Waals surface area (Å²) in [5.41, 5.74) is 0. The van der Waals surface area contributed by atoms with Gasteiger partial charge in [0.05, 0.1) is 0 Å². The Morgan fingerprint density at radius 2 is 2.60 bits per heavy atom. The van der Waals surface area contributed by atoms with Crippen LogP contribution in [0.2, 0.25) is 6.32 Å². The summed E-state index contributed by atoms with van der Waals surface area (Å²) in [7, 11) is 0. The summed E-state index contributed by atoms with van der Waals surface area (Å²) in [5.74, 6) is 0. The maximum absolute atomic E-state index is 3.80. The molecule has 2 heteroatoms. The Kier molecular flexibility index (Phi) is 4.28. The third-order valence-electron chi connectivity index (χ3n) is 0.272. The van der Waals surface area contributed by atoms with Crippen molar-refractivity contribution in [2.24, 2.45) is 0 Å². The van der Waals surface area contributed by atoms with Crippen LogP contribution in [0.15, 0.2) is 12.7 Å². The largest absolute Gasteiger partial charge is 0.234 e. The Bertz CT molecular complexity index is 28.1. The van der Waals surface area contributed by atoms with Gasteiger partial charge in [-0.1, -0.05) is 12.4 Å². The smallest absolute Gasteiger partial charge is 0.191 e. The molecule has 27 valence electrons. The molecule has 0 N–H and O–H groups in total. The minimum atomic E-state index is 0.892. The Morgan fingerprint density at radius 1 is 2.00 bits per heavy atom. The fourth-order valence-corrected chi connectivity index (χ4v) is 0.224. The molecule has 0 aliphatic carbocycles. The Labute approximate surface area is 38.8 Å². The third-order valence-corrected chi connectivity index (χ3v) is 0.483. The first kappa shape index (κ1) is 5.15. The highest BCUT2D eigenvalue weighted by molar-refractivity contribution is 8.06. The molecule has 0 aromatic carbocycles. The summed E-state index contributed by atoms with van der Waals surface area (Å²) in [4.78, 5) is 0. The van der Waals surface area contributed by atoms with E-state index in [0.717, 1.165) is 6.32 Å². The zero-order valence-electron chi connectivity index (χ0n) is 3.02. The standard InChI is InChI=1S/C3H6BS/c1-2-3-4-5/h2,5H,1,3H2. The molecule has 0 atom stereocenters. The highest BCUT2D eigenvalue weighted by Crippen LogP contribution is 1.77. The van der Waals surface area contributed by atoms with Crippen molar-refractivity contribution in [3.8, 4) is 0 Å². The zero-order chi connectivity index (χ0) is 4.12. The van der Waals surface area contributed by atoms with E-state index in [1.54, 1.807) is 12.6 Å². The molecule has 0 spiro atoms. The molecule has 0 amide bonds. The van der Waals surface area contributed by atoms with Crippen LogP contribution in [0.5, 0.6) is 0 Å². The number of rotatable bonds is 2. The highest BCUT2D eigenvalue weighted by Gasteiger charge is 1.67. The lowest BCUT2D eigenvalue weighted by Crippen LogP contribution is -1.65. The van der Waals surface area contributed by atoms with E-state index >= 15 is 0 Å². The van der Waals surface area contributed by atoms with E-state index in [4.69, 9.17) is 0 Å². The first-order valence-electron chi connectivity index (χ1n) is 1.48. The lowest BCUT2D eigenvalue weighted by atomic mass is 10.0. The molecule has 0 aliphatic heterocycles. The number of hydrogen-bond donors (Lipinski definition) is 1. The summed E-state index contributed by atoms with van der Waals surface area (Å²) in [6.45, 7) is 5.23. The quantitative estimate of drug-likeness (QED) is 0.290. The number of allylic oxidation sites excluding steroid dienone is 1. The molecular weight excluding hydrogens is 78.9 g/mol. The van der Waals surface area contributed by atoms with Crippen LogP contribution in [0, 0.1) is 0 Å². The van der Waals surface area contributed by atoms with Crippen LogP contribution < -0.4 is 0 Å². The molecule has 0 unspecified atom stereocenters. The second kappa shape index (κ2) is 4.15. The van der Waals surface area contributed by atoms with Crippen molar-refractivity contribution in [3.05, 3.63) is 12.7 Å². The lowest BCUT2D eigenvalue weighted by molar-refractivity contribution is 1.75. The van der Waals surface area contributed by atoms with Crippen molar-refractivity contribution in [2.75, 3.05) is 0 Å². The predicted octanol–water partition coefficient (Wildman–Crippen LogP) is 1.14. The van der Waals surface area contributed by atoms with Crippen LogP contribution in [0.3, 0.4) is 0 Å². The van der Waals surface area contributed by atoms with Crippen LogP contribution in [-0.4, -0.2) is 6.56 Å². The first-order valence-corrected chi connectivity index (χ1v) is 2.00. The van der Waals surface area contributed by atoms with Crippen LogP contribution in [-0.2, 0) is 0 Å². The average Bonchev–Trinajstić information content (AvgIpc) is 1.41. The third kappa shape index (κ3) is 4.15.